The molecule has 0 bridgehead atoms. The molecule has 2 aromatic carbocycles. The summed E-state index contributed by atoms with van der Waals surface area (Å²) in [5.74, 6) is 0.876. The minimum Gasteiger partial charge on any atom is -0.456 e. The minimum absolute atomic E-state index is 0. The molecule has 1 aromatic heterocycles. The van der Waals surface area contributed by atoms with Crippen molar-refractivity contribution in [3.8, 4) is 11.3 Å². The number of hydrogen-bond donors (Lipinski definition) is 1. The summed E-state index contributed by atoms with van der Waals surface area (Å²) in [5.41, 5.74) is 8.44. The molecule has 0 radical (unpaired) electrons. The average Bonchev–Trinajstić information content (AvgIpc) is 2.73. The molecular weight excluding hydrogens is 234 g/mol. The molecule has 2 N–H and O–H groups in total. The standard InChI is InChI=1S/C14H11NO.ClH/c15-12-6-7-13-11(8-12)9-14(16-13)10-4-2-1-3-5-10;/h1-9H,15H2;1H. The van der Waals surface area contributed by atoms with E-state index in [2.05, 4.69) is 0 Å². The van der Waals surface area contributed by atoms with Gasteiger partial charge in [0.25, 0.3) is 0 Å². The Labute approximate surface area is 105 Å². The lowest BCUT2D eigenvalue weighted by Gasteiger charge is -1.93. The van der Waals surface area contributed by atoms with E-state index < -0.39 is 0 Å². The predicted octanol–water partition coefficient (Wildman–Crippen LogP) is 4.10. The molecule has 2 nitrogen and oxygen atoms in total. The smallest absolute Gasteiger partial charge is 0.135 e. The fourth-order valence-corrected chi connectivity index (χ4v) is 1.81. The van der Waals surface area contributed by atoms with Crippen LogP contribution in [0.3, 0.4) is 0 Å². The largest absolute Gasteiger partial charge is 0.456 e. The highest BCUT2D eigenvalue weighted by Gasteiger charge is 2.05. The first-order chi connectivity index (χ1) is 7.83. The summed E-state index contributed by atoms with van der Waals surface area (Å²) in [7, 11) is 0. The number of nitrogen functional groups attached to an aromatic ring is 1. The number of rotatable bonds is 1. The van der Waals surface area contributed by atoms with Crippen molar-refractivity contribution in [3.63, 3.8) is 0 Å². The molecule has 0 unspecified atom stereocenters. The third-order valence-electron chi connectivity index (χ3n) is 2.60. The van der Waals surface area contributed by atoms with Crippen molar-refractivity contribution in [2.24, 2.45) is 0 Å². The molecule has 0 aliphatic rings. The van der Waals surface area contributed by atoms with Crippen LogP contribution < -0.4 is 5.73 Å². The van der Waals surface area contributed by atoms with E-state index in [1.54, 1.807) is 0 Å². The van der Waals surface area contributed by atoms with Gasteiger partial charge in [-0.3, -0.25) is 0 Å². The molecule has 0 atom stereocenters. The van der Waals surface area contributed by atoms with Gasteiger partial charge in [0.15, 0.2) is 0 Å². The Morgan fingerprint density at radius 2 is 1.65 bits per heavy atom. The predicted molar refractivity (Wildman–Crippen MR) is 73.3 cm³/mol. The van der Waals surface area contributed by atoms with E-state index in [1.807, 2.05) is 54.6 Å². The van der Waals surface area contributed by atoms with Crippen molar-refractivity contribution >= 4 is 29.1 Å². The van der Waals surface area contributed by atoms with E-state index in [0.717, 1.165) is 28.0 Å². The summed E-state index contributed by atoms with van der Waals surface area (Å²) in [6, 6.07) is 17.7. The molecule has 0 saturated heterocycles. The number of halogens is 1. The first-order valence-corrected chi connectivity index (χ1v) is 5.17. The van der Waals surface area contributed by atoms with Crippen LogP contribution in [0, 0.1) is 0 Å². The van der Waals surface area contributed by atoms with Crippen LogP contribution in [-0.4, -0.2) is 0 Å². The fourth-order valence-electron chi connectivity index (χ4n) is 1.81. The molecule has 0 saturated carbocycles. The summed E-state index contributed by atoms with van der Waals surface area (Å²) in [5, 5.41) is 1.04. The minimum atomic E-state index is 0. The zero-order valence-electron chi connectivity index (χ0n) is 9.09. The molecule has 0 amide bonds. The first-order valence-electron chi connectivity index (χ1n) is 5.17. The van der Waals surface area contributed by atoms with Crippen LogP contribution in [0.5, 0.6) is 0 Å². The quantitative estimate of drug-likeness (QED) is 0.656. The van der Waals surface area contributed by atoms with Crippen LogP contribution in [0.4, 0.5) is 5.69 Å². The summed E-state index contributed by atoms with van der Waals surface area (Å²) < 4.78 is 5.75. The molecule has 0 aliphatic heterocycles. The lowest BCUT2D eigenvalue weighted by molar-refractivity contribution is 0.631. The fraction of sp³-hybridized carbons (Fsp3) is 0. The molecule has 3 aromatic rings. The Hall–Kier alpha value is -1.93. The maximum atomic E-state index is 5.75. The lowest BCUT2D eigenvalue weighted by Crippen LogP contribution is -1.80. The Bertz CT molecular complexity index is 631. The second-order valence-electron chi connectivity index (χ2n) is 3.77. The van der Waals surface area contributed by atoms with E-state index >= 15 is 0 Å². The monoisotopic (exact) mass is 245 g/mol. The zero-order chi connectivity index (χ0) is 11.0. The normalized spacial score (nSPS) is 10.1. The molecular formula is C14H12ClNO. The van der Waals surface area contributed by atoms with E-state index in [4.69, 9.17) is 10.2 Å². The summed E-state index contributed by atoms with van der Waals surface area (Å²) in [4.78, 5) is 0. The summed E-state index contributed by atoms with van der Waals surface area (Å²) >= 11 is 0. The number of fused-ring (bicyclic) bond motifs is 1. The molecule has 86 valence electrons. The van der Waals surface area contributed by atoms with Crippen LogP contribution in [0.15, 0.2) is 59.0 Å². The van der Waals surface area contributed by atoms with Gasteiger partial charge in [0.2, 0.25) is 0 Å². The van der Waals surface area contributed by atoms with Gasteiger partial charge in [-0.1, -0.05) is 30.3 Å². The third-order valence-corrected chi connectivity index (χ3v) is 2.60. The third kappa shape index (κ3) is 2.12. The molecule has 3 rings (SSSR count). The van der Waals surface area contributed by atoms with Gasteiger partial charge in [-0.25, -0.2) is 0 Å². The van der Waals surface area contributed by atoms with Gasteiger partial charge in [0, 0.05) is 16.6 Å². The first kappa shape index (κ1) is 11.6. The van der Waals surface area contributed by atoms with Crippen molar-refractivity contribution in [1.82, 2.24) is 0 Å². The lowest BCUT2D eigenvalue weighted by atomic mass is 10.1. The van der Waals surface area contributed by atoms with E-state index in [9.17, 15) is 0 Å². The highest BCUT2D eigenvalue weighted by atomic mass is 35.5. The number of furan rings is 1. The molecule has 3 heteroatoms. The number of hydrogen-bond acceptors (Lipinski definition) is 2. The van der Waals surface area contributed by atoms with Crippen molar-refractivity contribution in [2.45, 2.75) is 0 Å². The van der Waals surface area contributed by atoms with E-state index in [1.165, 1.54) is 0 Å². The maximum Gasteiger partial charge on any atom is 0.135 e. The Balaban J connectivity index is 0.00000108. The highest BCUT2D eigenvalue weighted by Crippen LogP contribution is 2.28. The Morgan fingerprint density at radius 3 is 2.41 bits per heavy atom. The average molecular weight is 246 g/mol. The molecule has 17 heavy (non-hydrogen) atoms. The summed E-state index contributed by atoms with van der Waals surface area (Å²) in [6.07, 6.45) is 0. The molecule has 0 spiro atoms. The van der Waals surface area contributed by atoms with Gasteiger partial charge in [-0.05, 0) is 24.3 Å². The van der Waals surface area contributed by atoms with Gasteiger partial charge in [0.05, 0.1) is 0 Å². The topological polar surface area (TPSA) is 39.2 Å². The van der Waals surface area contributed by atoms with Gasteiger partial charge in [0.1, 0.15) is 11.3 Å². The molecule has 0 fully saturated rings. The Kier molecular flexibility index (Phi) is 3.07. The van der Waals surface area contributed by atoms with Crippen molar-refractivity contribution < 1.29 is 4.42 Å². The van der Waals surface area contributed by atoms with Crippen LogP contribution >= 0.6 is 12.4 Å². The SMILES string of the molecule is Cl.Nc1ccc2oc(-c3ccccc3)cc2c1. The van der Waals surface area contributed by atoms with E-state index in [0.29, 0.717) is 0 Å². The summed E-state index contributed by atoms with van der Waals surface area (Å²) in [6.45, 7) is 0. The highest BCUT2D eigenvalue weighted by molar-refractivity contribution is 5.85. The maximum absolute atomic E-state index is 5.75. The zero-order valence-corrected chi connectivity index (χ0v) is 9.91. The number of nitrogens with two attached hydrogens (primary N) is 1. The van der Waals surface area contributed by atoms with Gasteiger partial charge < -0.3 is 10.2 Å². The van der Waals surface area contributed by atoms with Crippen LogP contribution in [0.1, 0.15) is 0 Å². The molecule has 1 heterocycles. The van der Waals surface area contributed by atoms with Crippen molar-refractivity contribution in [2.75, 3.05) is 5.73 Å². The van der Waals surface area contributed by atoms with Crippen LogP contribution in [0.25, 0.3) is 22.3 Å². The van der Waals surface area contributed by atoms with Crippen molar-refractivity contribution in [1.29, 1.82) is 0 Å². The molecule has 0 aliphatic carbocycles. The van der Waals surface area contributed by atoms with Crippen LogP contribution in [-0.2, 0) is 0 Å². The van der Waals surface area contributed by atoms with Gasteiger partial charge >= 0.3 is 0 Å². The second-order valence-corrected chi connectivity index (χ2v) is 3.77. The van der Waals surface area contributed by atoms with Crippen LogP contribution in [0.2, 0.25) is 0 Å². The number of anilines is 1. The Morgan fingerprint density at radius 1 is 0.882 bits per heavy atom. The van der Waals surface area contributed by atoms with Crippen molar-refractivity contribution in [3.05, 3.63) is 54.6 Å². The number of benzene rings is 2. The van der Waals surface area contributed by atoms with E-state index in [-0.39, 0.29) is 12.4 Å². The van der Waals surface area contributed by atoms with Gasteiger partial charge in [-0.2, -0.15) is 0 Å². The van der Waals surface area contributed by atoms with Gasteiger partial charge in [-0.15, -0.1) is 12.4 Å². The second kappa shape index (κ2) is 4.52.